The first-order chi connectivity index (χ1) is 20.1. The minimum absolute atomic E-state index is 0.0361. The van der Waals surface area contributed by atoms with Gasteiger partial charge in [0.25, 0.3) is 10.1 Å². The fraction of sp³-hybridized carbons (Fsp3) is 0.424. The van der Waals surface area contributed by atoms with Gasteiger partial charge in [0.2, 0.25) is 5.91 Å². The molecule has 3 aromatic rings. The second-order valence-electron chi connectivity index (χ2n) is 11.6. The summed E-state index contributed by atoms with van der Waals surface area (Å²) < 4.78 is 42.7. The van der Waals surface area contributed by atoms with Gasteiger partial charge in [0.15, 0.2) is 0 Å². The highest BCUT2D eigenvalue weighted by Crippen LogP contribution is 2.52. The first kappa shape index (κ1) is 30.1. The van der Waals surface area contributed by atoms with E-state index in [0.717, 1.165) is 11.1 Å². The Morgan fingerprint density at radius 2 is 1.62 bits per heavy atom. The van der Waals surface area contributed by atoms with Gasteiger partial charge in [0.1, 0.15) is 11.5 Å². The fourth-order valence-electron chi connectivity index (χ4n) is 6.76. The van der Waals surface area contributed by atoms with Crippen LogP contribution in [0, 0.1) is 24.7 Å². The number of methoxy groups -OCH3 is 2. The molecule has 1 saturated carbocycles. The molecule has 0 bridgehead atoms. The molecule has 5 rings (SSSR count). The van der Waals surface area contributed by atoms with Crippen molar-refractivity contribution in [1.29, 1.82) is 0 Å². The van der Waals surface area contributed by atoms with Crippen molar-refractivity contribution in [3.8, 4) is 11.5 Å². The van der Waals surface area contributed by atoms with Crippen molar-refractivity contribution in [3.05, 3.63) is 89.5 Å². The van der Waals surface area contributed by atoms with Crippen molar-refractivity contribution in [1.82, 2.24) is 4.90 Å². The molecule has 1 heterocycles. The third-order valence-corrected chi connectivity index (χ3v) is 10.2. The van der Waals surface area contributed by atoms with E-state index in [2.05, 4.69) is 0 Å². The van der Waals surface area contributed by atoms with Crippen molar-refractivity contribution in [2.24, 2.45) is 17.8 Å². The molecule has 1 aliphatic carbocycles. The van der Waals surface area contributed by atoms with E-state index in [0.29, 0.717) is 36.6 Å². The summed E-state index contributed by atoms with van der Waals surface area (Å²) in [6.07, 6.45) is 0.903. The maximum Gasteiger partial charge on any atom is 0.296 e. The van der Waals surface area contributed by atoms with Gasteiger partial charge in [0.05, 0.1) is 37.2 Å². The normalized spacial score (nSPS) is 24.6. The number of likely N-dealkylation sites (tertiary alicyclic amines) is 1. The van der Waals surface area contributed by atoms with Gasteiger partial charge < -0.3 is 19.5 Å². The van der Waals surface area contributed by atoms with Crippen molar-refractivity contribution < 1.29 is 32.0 Å². The largest absolute Gasteiger partial charge is 0.496 e. The lowest BCUT2D eigenvalue weighted by Gasteiger charge is -2.45. The molecular formula is C33H39NO7S. The van der Waals surface area contributed by atoms with Crippen LogP contribution in [0.3, 0.4) is 0 Å². The Hall–Kier alpha value is -3.40. The summed E-state index contributed by atoms with van der Waals surface area (Å²) in [6.45, 7) is 4.54. The van der Waals surface area contributed by atoms with E-state index in [4.69, 9.17) is 13.7 Å². The highest BCUT2D eigenvalue weighted by Gasteiger charge is 2.54. The molecule has 8 nitrogen and oxygen atoms in total. The number of benzene rings is 3. The van der Waals surface area contributed by atoms with Crippen LogP contribution in [0.1, 0.15) is 42.4 Å². The molecule has 0 radical (unpaired) electrons. The lowest BCUT2D eigenvalue weighted by Crippen LogP contribution is -2.47. The van der Waals surface area contributed by atoms with E-state index in [9.17, 15) is 18.3 Å². The highest BCUT2D eigenvalue weighted by molar-refractivity contribution is 7.86. The smallest absolute Gasteiger partial charge is 0.296 e. The SMILES string of the molecule is COc1ccccc1C(C)C(=O)N1C[C@@H]2C[C@@H](COS(=O)(=O)c3ccc(C)cc3)C[C@@](O)(c3ccccc3OC)[C@@H]2C1. The molecule has 42 heavy (non-hydrogen) atoms. The second kappa shape index (κ2) is 12.1. The number of carbonyl (C=O) groups is 1. The van der Waals surface area contributed by atoms with Gasteiger partial charge in [-0.15, -0.1) is 0 Å². The maximum absolute atomic E-state index is 13.8. The van der Waals surface area contributed by atoms with Gasteiger partial charge in [-0.1, -0.05) is 54.1 Å². The number of carbonyl (C=O) groups excluding carboxylic acids is 1. The third kappa shape index (κ3) is 5.78. The monoisotopic (exact) mass is 593 g/mol. The number of nitrogens with zero attached hydrogens (tertiary/aromatic N) is 1. The summed E-state index contributed by atoms with van der Waals surface area (Å²) in [5.74, 6) is 0.173. The molecule has 1 aliphatic heterocycles. The summed E-state index contributed by atoms with van der Waals surface area (Å²) in [6, 6.07) is 21.4. The molecule has 1 saturated heterocycles. The van der Waals surface area contributed by atoms with E-state index in [1.54, 1.807) is 26.4 Å². The maximum atomic E-state index is 13.8. The van der Waals surface area contributed by atoms with Crippen LogP contribution < -0.4 is 9.47 Å². The van der Waals surface area contributed by atoms with E-state index < -0.39 is 21.6 Å². The topological polar surface area (TPSA) is 102 Å². The molecule has 5 atom stereocenters. The van der Waals surface area contributed by atoms with Gasteiger partial charge in [0, 0.05) is 30.1 Å². The van der Waals surface area contributed by atoms with E-state index in [1.807, 2.05) is 67.3 Å². The summed E-state index contributed by atoms with van der Waals surface area (Å²) in [7, 11) is -0.810. The van der Waals surface area contributed by atoms with Crippen LogP contribution in [-0.4, -0.2) is 58.2 Å². The molecular weight excluding hydrogens is 554 g/mol. The van der Waals surface area contributed by atoms with Crippen LogP contribution >= 0.6 is 0 Å². The van der Waals surface area contributed by atoms with Crippen molar-refractivity contribution in [3.63, 3.8) is 0 Å². The molecule has 2 fully saturated rings. The predicted molar refractivity (Wildman–Crippen MR) is 159 cm³/mol. The number of fused-ring (bicyclic) bond motifs is 1. The molecule has 224 valence electrons. The minimum atomic E-state index is -3.97. The van der Waals surface area contributed by atoms with E-state index in [1.165, 1.54) is 12.1 Å². The molecule has 1 N–H and O–H groups in total. The van der Waals surface area contributed by atoms with Crippen molar-refractivity contribution in [2.45, 2.75) is 43.1 Å². The Morgan fingerprint density at radius 3 is 2.31 bits per heavy atom. The Labute approximate surface area is 248 Å². The Bertz CT molecular complexity index is 1520. The quantitative estimate of drug-likeness (QED) is 0.353. The Kier molecular flexibility index (Phi) is 8.64. The molecule has 0 aromatic heterocycles. The molecule has 3 aromatic carbocycles. The highest BCUT2D eigenvalue weighted by atomic mass is 32.2. The van der Waals surface area contributed by atoms with Gasteiger partial charge >= 0.3 is 0 Å². The number of amides is 1. The standard InChI is InChI=1S/C33H39NO7S/c1-22-13-15-26(16-14-22)42(37,38)41-21-24-17-25-19-34(32(35)23(2)27-9-5-7-11-30(27)39-3)20-29(25)33(36,18-24)28-10-6-8-12-31(28)40-4/h5-16,23-25,29,36H,17-21H2,1-4H3/t23?,24-,25+,29-,33-/m1/s1. The van der Waals surface area contributed by atoms with Crippen LogP contribution in [0.15, 0.2) is 77.7 Å². The van der Waals surface area contributed by atoms with Gasteiger partial charge in [-0.3, -0.25) is 8.98 Å². The Balaban J connectivity index is 1.41. The third-order valence-electron chi connectivity index (χ3n) is 8.92. The minimum Gasteiger partial charge on any atom is -0.496 e. The summed E-state index contributed by atoms with van der Waals surface area (Å²) in [4.78, 5) is 15.7. The van der Waals surface area contributed by atoms with Crippen LogP contribution in [-0.2, 0) is 24.7 Å². The molecule has 9 heteroatoms. The van der Waals surface area contributed by atoms with Crippen LogP contribution in [0.5, 0.6) is 11.5 Å². The lowest BCUT2D eigenvalue weighted by atomic mass is 9.64. The van der Waals surface area contributed by atoms with Crippen LogP contribution in [0.4, 0.5) is 0 Å². The molecule has 2 aliphatic rings. The number of rotatable bonds is 9. The second-order valence-corrected chi connectivity index (χ2v) is 13.2. The van der Waals surface area contributed by atoms with Crippen LogP contribution in [0.25, 0.3) is 0 Å². The average molecular weight is 594 g/mol. The first-order valence-electron chi connectivity index (χ1n) is 14.3. The summed E-state index contributed by atoms with van der Waals surface area (Å²) >= 11 is 0. The molecule has 1 amide bonds. The zero-order chi connectivity index (χ0) is 30.1. The van der Waals surface area contributed by atoms with Crippen molar-refractivity contribution in [2.75, 3.05) is 33.9 Å². The van der Waals surface area contributed by atoms with Crippen molar-refractivity contribution >= 4 is 16.0 Å². The van der Waals surface area contributed by atoms with Crippen LogP contribution in [0.2, 0.25) is 0 Å². The number of ether oxygens (including phenoxy) is 2. The first-order valence-corrected chi connectivity index (χ1v) is 15.7. The number of aryl methyl sites for hydroxylation is 1. The summed E-state index contributed by atoms with van der Waals surface area (Å²) in [5, 5.41) is 12.5. The molecule has 1 unspecified atom stereocenters. The van der Waals surface area contributed by atoms with E-state index in [-0.39, 0.29) is 41.6 Å². The zero-order valence-electron chi connectivity index (χ0n) is 24.5. The number of para-hydroxylation sites is 2. The number of hydrogen-bond acceptors (Lipinski definition) is 7. The van der Waals surface area contributed by atoms with Gasteiger partial charge in [-0.05, 0) is 62.8 Å². The Morgan fingerprint density at radius 1 is 0.976 bits per heavy atom. The predicted octanol–water partition coefficient (Wildman–Crippen LogP) is 4.89. The fourth-order valence-corrected chi connectivity index (χ4v) is 7.74. The van der Waals surface area contributed by atoms with Gasteiger partial charge in [-0.25, -0.2) is 0 Å². The lowest BCUT2D eigenvalue weighted by molar-refractivity contribution is -0.132. The zero-order valence-corrected chi connectivity index (χ0v) is 25.3. The van der Waals surface area contributed by atoms with Gasteiger partial charge in [-0.2, -0.15) is 8.42 Å². The van der Waals surface area contributed by atoms with E-state index >= 15 is 0 Å². The average Bonchev–Trinajstić information content (AvgIpc) is 3.45. The number of aliphatic hydroxyl groups is 1. The summed E-state index contributed by atoms with van der Waals surface area (Å²) in [5.41, 5.74) is 1.06. The molecule has 0 spiro atoms. The number of hydrogen-bond donors (Lipinski definition) is 1.